The number of nitrogens with zero attached hydrogens (tertiary/aromatic N) is 3. The molecule has 0 saturated heterocycles. The number of halogens is 1. The maximum Gasteiger partial charge on any atom is 0.240 e. The zero-order valence-electron chi connectivity index (χ0n) is 23.3. The van der Waals surface area contributed by atoms with E-state index in [1.807, 2.05) is 48.9 Å². The lowest BCUT2D eigenvalue weighted by Gasteiger charge is -2.25. The Balaban J connectivity index is 2.02. The predicted octanol–water partition coefficient (Wildman–Crippen LogP) is 6.52. The van der Waals surface area contributed by atoms with Crippen LogP contribution in [0.15, 0.2) is 42.5 Å². The number of amides is 2. The van der Waals surface area contributed by atoms with Gasteiger partial charge in [0.25, 0.3) is 0 Å². The summed E-state index contributed by atoms with van der Waals surface area (Å²) in [5.74, 6) is 0.585. The van der Waals surface area contributed by atoms with Crippen LogP contribution in [-0.4, -0.2) is 39.9 Å². The molecule has 0 fully saturated rings. The number of aryl methyl sites for hydroxylation is 2. The molecule has 38 heavy (non-hydrogen) atoms. The second-order valence-corrected chi connectivity index (χ2v) is 12.7. The molecule has 2 amide bonds. The zero-order chi connectivity index (χ0) is 27.8. The van der Waals surface area contributed by atoms with Gasteiger partial charge in [0.05, 0.1) is 22.4 Å². The van der Waals surface area contributed by atoms with E-state index in [1.165, 1.54) is 0 Å². The third-order valence-electron chi connectivity index (χ3n) is 6.85. The summed E-state index contributed by atoms with van der Waals surface area (Å²) in [4.78, 5) is 28.5. The molecule has 1 aromatic heterocycles. The SMILES string of the molecule is CCC(C)NC(=O)CN1C(=O)CSC(c2cccc(Cl)c2)c2c(C(C)(C)C)nn(-c3ccc(C)cc3C)c21. The highest BCUT2D eigenvalue weighted by molar-refractivity contribution is 8.00. The number of nitrogens with one attached hydrogen (secondary N) is 1. The number of carbonyl (C=O) groups excluding carboxylic acids is 2. The van der Waals surface area contributed by atoms with Gasteiger partial charge in [-0.25, -0.2) is 4.68 Å². The van der Waals surface area contributed by atoms with Gasteiger partial charge in [-0.05, 0) is 56.5 Å². The molecule has 4 rings (SSSR count). The van der Waals surface area contributed by atoms with E-state index >= 15 is 0 Å². The lowest BCUT2D eigenvalue weighted by molar-refractivity contribution is -0.123. The number of rotatable bonds is 6. The summed E-state index contributed by atoms with van der Waals surface area (Å²) in [5.41, 5.74) is 5.62. The Hall–Kier alpha value is -2.77. The van der Waals surface area contributed by atoms with E-state index in [1.54, 1.807) is 16.7 Å². The van der Waals surface area contributed by atoms with Crippen LogP contribution in [0.4, 0.5) is 5.82 Å². The van der Waals surface area contributed by atoms with E-state index in [4.69, 9.17) is 16.7 Å². The van der Waals surface area contributed by atoms with Crippen LogP contribution in [-0.2, 0) is 15.0 Å². The van der Waals surface area contributed by atoms with Crippen molar-refractivity contribution in [3.63, 3.8) is 0 Å². The van der Waals surface area contributed by atoms with E-state index in [0.29, 0.717) is 10.8 Å². The van der Waals surface area contributed by atoms with Crippen LogP contribution >= 0.6 is 23.4 Å². The maximum absolute atomic E-state index is 13.8. The normalized spacial score (nSPS) is 16.7. The molecule has 0 aliphatic carbocycles. The molecule has 2 heterocycles. The molecule has 1 aliphatic rings. The first-order valence-corrected chi connectivity index (χ1v) is 14.5. The highest BCUT2D eigenvalue weighted by Crippen LogP contribution is 2.48. The van der Waals surface area contributed by atoms with Gasteiger partial charge in [-0.2, -0.15) is 5.10 Å². The minimum Gasteiger partial charge on any atom is -0.352 e. The smallest absolute Gasteiger partial charge is 0.240 e. The third kappa shape index (κ3) is 5.79. The Morgan fingerprint density at radius 1 is 1.21 bits per heavy atom. The van der Waals surface area contributed by atoms with Crippen LogP contribution in [0.5, 0.6) is 0 Å². The van der Waals surface area contributed by atoms with Gasteiger partial charge in [0.1, 0.15) is 12.4 Å². The standard InChI is InChI=1S/C30H37ClN4O2S/c1-8-20(4)32-24(36)16-34-25(37)17-38-27(21-10-9-11-22(31)15-21)26-28(30(5,6)7)33-35(29(26)34)23-13-12-18(2)14-19(23)3/h9-15,20,27H,8,16-17H2,1-7H3,(H,32,36). The molecule has 2 unspecified atom stereocenters. The summed E-state index contributed by atoms with van der Waals surface area (Å²) in [6, 6.07) is 14.0. The minimum atomic E-state index is -0.316. The van der Waals surface area contributed by atoms with Gasteiger partial charge in [0, 0.05) is 22.0 Å². The van der Waals surface area contributed by atoms with Crippen molar-refractivity contribution in [3.8, 4) is 5.69 Å². The number of hydrogen-bond acceptors (Lipinski definition) is 4. The van der Waals surface area contributed by atoms with Gasteiger partial charge in [0.15, 0.2) is 0 Å². The molecule has 1 N–H and O–H groups in total. The molecule has 3 aromatic rings. The van der Waals surface area contributed by atoms with Crippen molar-refractivity contribution in [3.05, 3.63) is 75.4 Å². The molecule has 1 aliphatic heterocycles. The molecule has 0 saturated carbocycles. The molecule has 0 spiro atoms. The third-order valence-corrected chi connectivity index (χ3v) is 8.34. The highest BCUT2D eigenvalue weighted by atomic mass is 35.5. The summed E-state index contributed by atoms with van der Waals surface area (Å²) in [6.07, 6.45) is 0.812. The first kappa shape index (κ1) is 28.2. The lowest BCUT2D eigenvalue weighted by Crippen LogP contribution is -2.44. The first-order valence-electron chi connectivity index (χ1n) is 13.1. The van der Waals surface area contributed by atoms with E-state index in [9.17, 15) is 9.59 Å². The molecular formula is C30H37ClN4O2S. The molecule has 0 radical (unpaired) electrons. The van der Waals surface area contributed by atoms with Gasteiger partial charge in [-0.1, -0.05) is 69.1 Å². The molecule has 0 bridgehead atoms. The highest BCUT2D eigenvalue weighted by Gasteiger charge is 2.40. The molecule has 6 nitrogen and oxygen atoms in total. The summed E-state index contributed by atoms with van der Waals surface area (Å²) in [7, 11) is 0. The van der Waals surface area contributed by atoms with Crippen molar-refractivity contribution in [1.29, 1.82) is 0 Å². The monoisotopic (exact) mass is 552 g/mol. The molecule has 2 aromatic carbocycles. The summed E-state index contributed by atoms with van der Waals surface area (Å²) in [5, 5.41) is 8.67. The van der Waals surface area contributed by atoms with Crippen molar-refractivity contribution >= 4 is 41.0 Å². The van der Waals surface area contributed by atoms with Gasteiger partial charge in [-0.15, -0.1) is 11.8 Å². The molecular weight excluding hydrogens is 516 g/mol. The van der Waals surface area contributed by atoms with E-state index in [2.05, 4.69) is 52.1 Å². The van der Waals surface area contributed by atoms with Gasteiger partial charge in [-0.3, -0.25) is 14.5 Å². The summed E-state index contributed by atoms with van der Waals surface area (Å²) >= 11 is 7.98. The zero-order valence-corrected chi connectivity index (χ0v) is 24.8. The summed E-state index contributed by atoms with van der Waals surface area (Å²) in [6.45, 7) is 14.4. The second-order valence-electron chi connectivity index (χ2n) is 11.1. The Morgan fingerprint density at radius 3 is 2.58 bits per heavy atom. The Labute approximate surface area is 235 Å². The summed E-state index contributed by atoms with van der Waals surface area (Å²) < 4.78 is 1.88. The number of hydrogen-bond donors (Lipinski definition) is 1. The quantitative estimate of drug-likeness (QED) is 0.378. The van der Waals surface area contributed by atoms with E-state index in [-0.39, 0.29) is 40.8 Å². The van der Waals surface area contributed by atoms with Crippen LogP contribution in [0, 0.1) is 13.8 Å². The first-order chi connectivity index (χ1) is 17.9. The van der Waals surface area contributed by atoms with Crippen molar-refractivity contribution < 1.29 is 9.59 Å². The number of carbonyl (C=O) groups is 2. The average Bonchev–Trinajstić information content (AvgIpc) is 3.16. The predicted molar refractivity (Wildman–Crippen MR) is 158 cm³/mol. The largest absolute Gasteiger partial charge is 0.352 e. The van der Waals surface area contributed by atoms with E-state index < -0.39 is 0 Å². The lowest BCUT2D eigenvalue weighted by atomic mass is 9.87. The fraction of sp³-hybridized carbons (Fsp3) is 0.433. The second kappa shape index (κ2) is 11.1. The van der Waals surface area contributed by atoms with Crippen molar-refractivity contribution in [2.45, 2.75) is 71.6 Å². The average molecular weight is 553 g/mol. The number of benzene rings is 2. The van der Waals surface area contributed by atoms with E-state index in [0.717, 1.165) is 40.1 Å². The minimum absolute atomic E-state index is 0.0204. The van der Waals surface area contributed by atoms with Crippen LogP contribution in [0.1, 0.15) is 74.2 Å². The number of anilines is 1. The number of fused-ring (bicyclic) bond motifs is 1. The molecule has 8 heteroatoms. The van der Waals surface area contributed by atoms with Gasteiger partial charge in [0.2, 0.25) is 11.8 Å². The fourth-order valence-corrected chi connectivity index (χ4v) is 6.17. The number of aromatic nitrogens is 2. The molecule has 2 atom stereocenters. The Bertz CT molecular complexity index is 1360. The molecule has 202 valence electrons. The van der Waals surface area contributed by atoms with Gasteiger partial charge >= 0.3 is 0 Å². The van der Waals surface area contributed by atoms with Crippen molar-refractivity contribution in [1.82, 2.24) is 15.1 Å². The van der Waals surface area contributed by atoms with Crippen LogP contribution in [0.25, 0.3) is 5.69 Å². The van der Waals surface area contributed by atoms with Crippen LogP contribution < -0.4 is 10.2 Å². The maximum atomic E-state index is 13.8. The van der Waals surface area contributed by atoms with Crippen LogP contribution in [0.2, 0.25) is 5.02 Å². The van der Waals surface area contributed by atoms with Gasteiger partial charge < -0.3 is 5.32 Å². The van der Waals surface area contributed by atoms with Crippen LogP contribution in [0.3, 0.4) is 0 Å². The number of thioether (sulfide) groups is 1. The van der Waals surface area contributed by atoms with Crippen molar-refractivity contribution in [2.24, 2.45) is 0 Å². The fourth-order valence-electron chi connectivity index (χ4n) is 4.78. The Kier molecular flexibility index (Phi) is 8.29. The topological polar surface area (TPSA) is 67.2 Å². The van der Waals surface area contributed by atoms with Crippen molar-refractivity contribution in [2.75, 3.05) is 17.2 Å². The Morgan fingerprint density at radius 2 is 1.95 bits per heavy atom.